The minimum atomic E-state index is -4.35. The number of carbonyl (C=O) groups excluding carboxylic acids is 2. The van der Waals surface area contributed by atoms with Crippen LogP contribution in [0.2, 0.25) is 0 Å². The SMILES string of the molecule is CNC(=O)c1cc(OC)ccc1NC(=O)C=Cc1ccc(SC(F)(F)F)cc1. The van der Waals surface area contributed by atoms with Crippen LogP contribution in [0.25, 0.3) is 6.08 Å². The van der Waals surface area contributed by atoms with E-state index in [0.717, 1.165) is 0 Å². The quantitative estimate of drug-likeness (QED) is 0.550. The molecule has 9 heteroatoms. The molecule has 0 aromatic heterocycles. The van der Waals surface area contributed by atoms with Crippen LogP contribution < -0.4 is 15.4 Å². The predicted octanol–water partition coefficient (Wildman–Crippen LogP) is 4.32. The first kappa shape index (κ1) is 21.4. The highest BCUT2D eigenvalue weighted by Crippen LogP contribution is 2.36. The summed E-state index contributed by atoms with van der Waals surface area (Å²) in [6.45, 7) is 0. The van der Waals surface area contributed by atoms with Crippen LogP contribution in [0.3, 0.4) is 0 Å². The number of hydrogen-bond acceptors (Lipinski definition) is 4. The van der Waals surface area contributed by atoms with E-state index in [1.54, 1.807) is 6.07 Å². The second-order valence-electron chi connectivity index (χ2n) is 5.43. The number of rotatable bonds is 6. The van der Waals surface area contributed by atoms with E-state index in [-0.39, 0.29) is 22.2 Å². The van der Waals surface area contributed by atoms with E-state index in [4.69, 9.17) is 4.74 Å². The zero-order chi connectivity index (χ0) is 20.7. The largest absolute Gasteiger partial charge is 0.497 e. The Bertz CT molecular complexity index is 881. The summed E-state index contributed by atoms with van der Waals surface area (Å²) in [6, 6.07) is 10.2. The van der Waals surface area contributed by atoms with Crippen LogP contribution >= 0.6 is 11.8 Å². The molecule has 2 aromatic carbocycles. The third-order valence-corrected chi connectivity index (χ3v) is 4.24. The Balaban J connectivity index is 2.08. The fraction of sp³-hybridized carbons (Fsp3) is 0.158. The first-order valence-electron chi connectivity index (χ1n) is 7.97. The molecule has 0 heterocycles. The topological polar surface area (TPSA) is 67.4 Å². The second kappa shape index (κ2) is 9.32. The van der Waals surface area contributed by atoms with Crippen LogP contribution in [0.15, 0.2) is 53.4 Å². The maximum Gasteiger partial charge on any atom is 0.446 e. The van der Waals surface area contributed by atoms with Gasteiger partial charge in [0.1, 0.15) is 5.75 Å². The lowest BCUT2D eigenvalue weighted by Crippen LogP contribution is -2.21. The molecule has 0 fully saturated rings. The molecule has 0 bridgehead atoms. The standard InChI is InChI=1S/C19H17F3N2O3S/c1-23-18(26)15-11-13(27-2)6-9-16(15)24-17(25)10-5-12-3-7-14(8-4-12)28-19(20,21)22/h3-11H,1-2H3,(H,23,26)(H,24,25). The van der Waals surface area contributed by atoms with Crippen LogP contribution in [0.1, 0.15) is 15.9 Å². The summed E-state index contributed by atoms with van der Waals surface area (Å²) in [4.78, 5) is 24.2. The van der Waals surface area contributed by atoms with Gasteiger partial charge in [0.25, 0.3) is 5.91 Å². The van der Waals surface area contributed by atoms with Gasteiger partial charge < -0.3 is 15.4 Å². The number of nitrogens with one attached hydrogen (secondary N) is 2. The molecule has 2 rings (SSSR count). The highest BCUT2D eigenvalue weighted by atomic mass is 32.2. The molecular weight excluding hydrogens is 393 g/mol. The third kappa shape index (κ3) is 6.34. The Hall–Kier alpha value is -2.94. The molecule has 0 spiro atoms. The Labute approximate surface area is 164 Å². The zero-order valence-electron chi connectivity index (χ0n) is 15.0. The molecule has 2 aromatic rings. The zero-order valence-corrected chi connectivity index (χ0v) is 15.8. The van der Waals surface area contributed by atoms with Gasteiger partial charge in [0.05, 0.1) is 18.4 Å². The molecule has 2 N–H and O–H groups in total. The molecule has 2 amide bonds. The van der Waals surface area contributed by atoms with Crippen LogP contribution in [0.4, 0.5) is 18.9 Å². The number of amides is 2. The second-order valence-corrected chi connectivity index (χ2v) is 6.57. The molecule has 0 radical (unpaired) electrons. The average molecular weight is 410 g/mol. The number of ether oxygens (including phenoxy) is 1. The maximum atomic E-state index is 12.3. The summed E-state index contributed by atoms with van der Waals surface area (Å²) in [7, 11) is 2.93. The summed E-state index contributed by atoms with van der Waals surface area (Å²) >= 11 is -0.206. The Kier molecular flexibility index (Phi) is 7.11. The first-order valence-corrected chi connectivity index (χ1v) is 8.78. The molecule has 0 saturated carbocycles. The number of alkyl halides is 3. The molecule has 0 saturated heterocycles. The lowest BCUT2D eigenvalue weighted by atomic mass is 10.1. The number of thioether (sulfide) groups is 1. The van der Waals surface area contributed by atoms with Gasteiger partial charge in [-0.15, -0.1) is 0 Å². The smallest absolute Gasteiger partial charge is 0.446 e. The Morgan fingerprint density at radius 2 is 1.79 bits per heavy atom. The molecule has 0 atom stereocenters. The summed E-state index contributed by atoms with van der Waals surface area (Å²) in [5.41, 5.74) is -3.26. The van der Waals surface area contributed by atoms with Gasteiger partial charge in [-0.05, 0) is 53.7 Å². The minimum Gasteiger partial charge on any atom is -0.497 e. The third-order valence-electron chi connectivity index (χ3n) is 3.50. The van der Waals surface area contributed by atoms with E-state index in [1.807, 2.05) is 0 Å². The lowest BCUT2D eigenvalue weighted by Gasteiger charge is -2.10. The Morgan fingerprint density at radius 1 is 1.11 bits per heavy atom. The van der Waals surface area contributed by atoms with Gasteiger partial charge in [0, 0.05) is 18.0 Å². The normalized spacial score (nSPS) is 11.3. The van der Waals surface area contributed by atoms with Crippen LogP contribution in [-0.2, 0) is 4.79 Å². The van der Waals surface area contributed by atoms with Crippen molar-refractivity contribution in [3.63, 3.8) is 0 Å². The first-order chi connectivity index (χ1) is 13.2. The van der Waals surface area contributed by atoms with Crippen molar-refractivity contribution in [2.24, 2.45) is 0 Å². The lowest BCUT2D eigenvalue weighted by molar-refractivity contribution is -0.111. The van der Waals surface area contributed by atoms with E-state index in [1.165, 1.54) is 62.7 Å². The van der Waals surface area contributed by atoms with Crippen molar-refractivity contribution < 1.29 is 27.5 Å². The molecule has 0 aliphatic heterocycles. The number of carbonyl (C=O) groups is 2. The summed E-state index contributed by atoms with van der Waals surface area (Å²) in [6.07, 6.45) is 2.68. The van der Waals surface area contributed by atoms with Crippen molar-refractivity contribution in [3.05, 3.63) is 59.7 Å². The number of anilines is 1. The number of methoxy groups -OCH3 is 1. The molecule has 0 aliphatic carbocycles. The number of benzene rings is 2. The Morgan fingerprint density at radius 3 is 2.36 bits per heavy atom. The summed E-state index contributed by atoms with van der Waals surface area (Å²) in [5, 5.41) is 5.07. The molecular formula is C19H17F3N2O3S. The van der Waals surface area contributed by atoms with Crippen molar-refractivity contribution in [3.8, 4) is 5.75 Å². The van der Waals surface area contributed by atoms with Gasteiger partial charge in [0.2, 0.25) is 5.91 Å². The van der Waals surface area contributed by atoms with Crippen LogP contribution in [-0.4, -0.2) is 31.5 Å². The highest BCUT2D eigenvalue weighted by molar-refractivity contribution is 8.00. The summed E-state index contributed by atoms with van der Waals surface area (Å²) in [5.74, 6) is -0.427. The maximum absolute atomic E-state index is 12.3. The fourth-order valence-electron chi connectivity index (χ4n) is 2.21. The molecule has 0 unspecified atom stereocenters. The van der Waals surface area contributed by atoms with Gasteiger partial charge in [-0.2, -0.15) is 13.2 Å². The van der Waals surface area contributed by atoms with E-state index in [9.17, 15) is 22.8 Å². The number of halogens is 3. The van der Waals surface area contributed by atoms with Crippen molar-refractivity contribution >= 4 is 35.3 Å². The van der Waals surface area contributed by atoms with E-state index in [0.29, 0.717) is 17.0 Å². The van der Waals surface area contributed by atoms with Crippen molar-refractivity contribution in [1.82, 2.24) is 5.32 Å². The van der Waals surface area contributed by atoms with Gasteiger partial charge in [-0.3, -0.25) is 9.59 Å². The van der Waals surface area contributed by atoms with Crippen LogP contribution in [0, 0.1) is 0 Å². The van der Waals surface area contributed by atoms with E-state index in [2.05, 4.69) is 10.6 Å². The van der Waals surface area contributed by atoms with Gasteiger partial charge >= 0.3 is 5.51 Å². The van der Waals surface area contributed by atoms with Gasteiger partial charge in [-0.25, -0.2) is 0 Å². The minimum absolute atomic E-state index is 0.0579. The van der Waals surface area contributed by atoms with Crippen molar-refractivity contribution in [1.29, 1.82) is 0 Å². The monoisotopic (exact) mass is 410 g/mol. The van der Waals surface area contributed by atoms with Crippen molar-refractivity contribution in [2.45, 2.75) is 10.4 Å². The van der Waals surface area contributed by atoms with E-state index < -0.39 is 17.3 Å². The molecule has 0 aliphatic rings. The van der Waals surface area contributed by atoms with Crippen LogP contribution in [0.5, 0.6) is 5.75 Å². The van der Waals surface area contributed by atoms with Gasteiger partial charge in [0.15, 0.2) is 0 Å². The fourth-order valence-corrected chi connectivity index (χ4v) is 2.75. The highest BCUT2D eigenvalue weighted by Gasteiger charge is 2.28. The molecule has 148 valence electrons. The molecule has 28 heavy (non-hydrogen) atoms. The summed E-state index contributed by atoms with van der Waals surface area (Å²) < 4.78 is 42.1. The molecule has 5 nitrogen and oxygen atoms in total. The average Bonchev–Trinajstić information content (AvgIpc) is 2.66. The van der Waals surface area contributed by atoms with Gasteiger partial charge in [-0.1, -0.05) is 12.1 Å². The number of hydrogen-bond donors (Lipinski definition) is 2. The van der Waals surface area contributed by atoms with E-state index >= 15 is 0 Å². The predicted molar refractivity (Wildman–Crippen MR) is 102 cm³/mol. The van der Waals surface area contributed by atoms with Crippen molar-refractivity contribution in [2.75, 3.05) is 19.5 Å².